The minimum Gasteiger partial charge on any atom is -0.303 e. The summed E-state index contributed by atoms with van der Waals surface area (Å²) in [5.74, 6) is -0.00165. The number of halogens is 5. The lowest BCUT2D eigenvalue weighted by molar-refractivity contribution is -0.138. The second-order valence-electron chi connectivity index (χ2n) is 9.41. The number of rotatable bonds is 8. The smallest absolute Gasteiger partial charge is 0.303 e. The molecule has 7 heteroatoms. The van der Waals surface area contributed by atoms with E-state index in [1.54, 1.807) is 36.4 Å². The highest BCUT2D eigenvalue weighted by Crippen LogP contribution is 2.43. The molecule has 0 spiro atoms. The first-order valence-corrected chi connectivity index (χ1v) is 12.9. The first kappa shape index (κ1) is 26.7. The molecule has 1 heterocycles. The average molecular weight is 534 g/mol. The maximum atomic E-state index is 13.4. The van der Waals surface area contributed by atoms with Gasteiger partial charge >= 0.3 is 6.18 Å². The third kappa shape index (κ3) is 6.13. The number of piperidine rings is 1. The summed E-state index contributed by atoms with van der Waals surface area (Å²) in [7, 11) is 0. The zero-order valence-electron chi connectivity index (χ0n) is 19.8. The normalized spacial score (nSPS) is 16.1. The maximum absolute atomic E-state index is 13.4. The fourth-order valence-electron chi connectivity index (χ4n) is 5.22. The molecule has 4 rings (SSSR count). The third-order valence-corrected chi connectivity index (χ3v) is 7.94. The van der Waals surface area contributed by atoms with Gasteiger partial charge in [-0.3, -0.25) is 4.79 Å². The minimum absolute atomic E-state index is 0.00165. The van der Waals surface area contributed by atoms with E-state index in [2.05, 4.69) is 4.90 Å². The molecule has 3 aromatic rings. The van der Waals surface area contributed by atoms with Crippen molar-refractivity contribution in [2.75, 3.05) is 19.6 Å². The minimum atomic E-state index is -4.36. The van der Waals surface area contributed by atoms with Crippen molar-refractivity contribution in [3.63, 3.8) is 0 Å². The summed E-state index contributed by atoms with van der Waals surface area (Å²) in [5, 5.41) is 1.12. The second-order valence-corrected chi connectivity index (χ2v) is 10.2. The number of nitrogens with zero attached hydrogens (tertiary/aromatic N) is 1. The van der Waals surface area contributed by atoms with Gasteiger partial charge in [0.15, 0.2) is 5.78 Å². The van der Waals surface area contributed by atoms with Crippen LogP contribution in [0.3, 0.4) is 0 Å². The van der Waals surface area contributed by atoms with Crippen LogP contribution in [0, 0.1) is 0 Å². The van der Waals surface area contributed by atoms with E-state index in [0.717, 1.165) is 37.6 Å². The van der Waals surface area contributed by atoms with Gasteiger partial charge in [0, 0.05) is 23.6 Å². The molecular weight excluding hydrogens is 506 g/mol. The summed E-state index contributed by atoms with van der Waals surface area (Å²) in [5.41, 5.74) is 1.02. The Bertz CT molecular complexity index is 1200. The molecule has 1 aliphatic heterocycles. The van der Waals surface area contributed by atoms with Gasteiger partial charge in [0.1, 0.15) is 0 Å². The van der Waals surface area contributed by atoms with Crippen molar-refractivity contribution in [1.29, 1.82) is 0 Å². The first-order chi connectivity index (χ1) is 17.2. The van der Waals surface area contributed by atoms with Gasteiger partial charge in [0.05, 0.1) is 10.6 Å². The molecular formula is C29H28Cl2F3NO. The van der Waals surface area contributed by atoms with Gasteiger partial charge < -0.3 is 4.90 Å². The standard InChI is InChI=1S/C29H28Cl2F3NO/c30-25-11-5-2-8-22(25)27(36)13-15-28(24-10-4-6-12-26(24)31)16-19-35(20-17-28)18-14-21-7-1-3-9-23(21)29(32,33)34/h1-12H,13-20H2. The lowest BCUT2D eigenvalue weighted by Gasteiger charge is -2.43. The SMILES string of the molecule is O=C(CCC1(c2ccccc2Cl)CCN(CCc2ccccc2C(F)(F)F)CC1)c1ccccc1Cl. The fourth-order valence-corrected chi connectivity index (χ4v) is 5.80. The van der Waals surface area contributed by atoms with Crippen molar-refractivity contribution in [3.05, 3.63) is 105 Å². The molecule has 0 radical (unpaired) electrons. The molecule has 0 saturated carbocycles. The predicted octanol–water partition coefficient (Wildman–Crippen LogP) is 8.25. The summed E-state index contributed by atoms with van der Waals surface area (Å²) in [6.07, 6.45) is -1.51. The third-order valence-electron chi connectivity index (χ3n) is 7.28. The van der Waals surface area contributed by atoms with Gasteiger partial charge in [-0.05, 0) is 79.6 Å². The van der Waals surface area contributed by atoms with Crippen LogP contribution in [0.15, 0.2) is 72.8 Å². The Kier molecular flexibility index (Phi) is 8.44. The predicted molar refractivity (Wildman–Crippen MR) is 139 cm³/mol. The molecule has 190 valence electrons. The largest absolute Gasteiger partial charge is 0.416 e. The van der Waals surface area contributed by atoms with Crippen molar-refractivity contribution in [2.24, 2.45) is 0 Å². The molecule has 0 unspecified atom stereocenters. The number of carbonyl (C=O) groups is 1. The van der Waals surface area contributed by atoms with Gasteiger partial charge in [0.25, 0.3) is 0 Å². The van der Waals surface area contributed by atoms with Crippen molar-refractivity contribution < 1.29 is 18.0 Å². The maximum Gasteiger partial charge on any atom is 0.416 e. The molecule has 1 aliphatic rings. The average Bonchev–Trinajstić information content (AvgIpc) is 2.87. The van der Waals surface area contributed by atoms with Crippen LogP contribution in [0.2, 0.25) is 10.0 Å². The Labute approximate surface area is 220 Å². The summed E-state index contributed by atoms with van der Waals surface area (Å²) in [4.78, 5) is 15.2. The molecule has 0 N–H and O–H groups in total. The lowest BCUT2D eigenvalue weighted by Crippen LogP contribution is -2.43. The number of Topliss-reactive ketones (excluding diaryl/α,β-unsaturated/α-hetero) is 1. The Hall–Kier alpha value is -2.34. The number of likely N-dealkylation sites (tertiary alicyclic amines) is 1. The number of alkyl halides is 3. The van der Waals surface area contributed by atoms with Crippen molar-refractivity contribution in [3.8, 4) is 0 Å². The van der Waals surface area contributed by atoms with Gasteiger partial charge in [-0.25, -0.2) is 0 Å². The zero-order chi connectivity index (χ0) is 25.8. The van der Waals surface area contributed by atoms with Gasteiger partial charge in [0.2, 0.25) is 0 Å². The Morgan fingerprint density at radius 3 is 2.14 bits per heavy atom. The van der Waals surface area contributed by atoms with Crippen molar-refractivity contribution >= 4 is 29.0 Å². The highest BCUT2D eigenvalue weighted by molar-refractivity contribution is 6.34. The van der Waals surface area contributed by atoms with Gasteiger partial charge in [-0.1, -0.05) is 71.7 Å². The molecule has 1 saturated heterocycles. The van der Waals surface area contributed by atoms with Crippen LogP contribution in [-0.4, -0.2) is 30.3 Å². The highest BCUT2D eigenvalue weighted by atomic mass is 35.5. The number of carbonyl (C=O) groups excluding carboxylic acids is 1. The fraction of sp³-hybridized carbons (Fsp3) is 0.345. The molecule has 0 bridgehead atoms. The van der Waals surface area contributed by atoms with Crippen molar-refractivity contribution in [1.82, 2.24) is 4.90 Å². The molecule has 2 nitrogen and oxygen atoms in total. The van der Waals surface area contributed by atoms with Crippen LogP contribution < -0.4 is 0 Å². The topological polar surface area (TPSA) is 20.3 Å². The van der Waals surface area contributed by atoms with Crippen molar-refractivity contribution in [2.45, 2.75) is 43.7 Å². The number of hydrogen-bond donors (Lipinski definition) is 0. The Morgan fingerprint density at radius 1 is 0.861 bits per heavy atom. The van der Waals surface area contributed by atoms with E-state index in [4.69, 9.17) is 23.2 Å². The van der Waals surface area contributed by atoms with Crippen LogP contribution in [0.5, 0.6) is 0 Å². The highest BCUT2D eigenvalue weighted by Gasteiger charge is 2.38. The van der Waals surface area contributed by atoms with E-state index in [9.17, 15) is 18.0 Å². The van der Waals surface area contributed by atoms with E-state index < -0.39 is 11.7 Å². The Balaban J connectivity index is 1.46. The molecule has 0 aliphatic carbocycles. The van der Waals surface area contributed by atoms with E-state index in [0.29, 0.717) is 47.0 Å². The molecule has 3 aromatic carbocycles. The number of ketones is 1. The van der Waals surface area contributed by atoms with Crippen LogP contribution in [0.25, 0.3) is 0 Å². The van der Waals surface area contributed by atoms with E-state index in [1.807, 2.05) is 24.3 Å². The summed E-state index contributed by atoms with van der Waals surface area (Å²) < 4.78 is 40.1. The van der Waals surface area contributed by atoms with Crippen LogP contribution in [0.4, 0.5) is 13.2 Å². The first-order valence-electron chi connectivity index (χ1n) is 12.1. The molecule has 36 heavy (non-hydrogen) atoms. The van der Waals surface area contributed by atoms with Gasteiger partial charge in [-0.15, -0.1) is 0 Å². The summed E-state index contributed by atoms with van der Waals surface area (Å²) in [6.45, 7) is 1.99. The molecule has 1 fully saturated rings. The van der Waals surface area contributed by atoms with E-state index >= 15 is 0 Å². The lowest BCUT2D eigenvalue weighted by atomic mass is 9.69. The zero-order valence-corrected chi connectivity index (χ0v) is 21.3. The molecule has 0 atom stereocenters. The summed E-state index contributed by atoms with van der Waals surface area (Å²) >= 11 is 12.9. The second kappa shape index (κ2) is 11.4. The molecule has 0 aromatic heterocycles. The van der Waals surface area contributed by atoms with Crippen LogP contribution in [-0.2, 0) is 18.0 Å². The van der Waals surface area contributed by atoms with Crippen LogP contribution in [0.1, 0.15) is 52.7 Å². The quantitative estimate of drug-likeness (QED) is 0.271. The van der Waals surface area contributed by atoms with E-state index in [1.165, 1.54) is 6.07 Å². The van der Waals surface area contributed by atoms with Gasteiger partial charge in [-0.2, -0.15) is 13.2 Å². The molecule has 0 amide bonds. The number of benzene rings is 3. The van der Waals surface area contributed by atoms with E-state index in [-0.39, 0.29) is 11.2 Å². The van der Waals surface area contributed by atoms with Crippen LogP contribution >= 0.6 is 23.2 Å². The Morgan fingerprint density at radius 2 is 1.47 bits per heavy atom. The number of hydrogen-bond acceptors (Lipinski definition) is 2. The summed E-state index contributed by atoms with van der Waals surface area (Å²) in [6, 6.07) is 20.6. The monoisotopic (exact) mass is 533 g/mol.